The van der Waals surface area contributed by atoms with Crippen LogP contribution in [0.3, 0.4) is 0 Å². The minimum absolute atomic E-state index is 0. The number of aromatic nitrogens is 3. The van der Waals surface area contributed by atoms with E-state index in [0.29, 0.717) is 18.8 Å². The number of carbonyl (C=O) groups excluding carboxylic acids is 1. The molecule has 4 heterocycles. The van der Waals surface area contributed by atoms with Crippen LogP contribution in [-0.2, 0) is 4.74 Å². The van der Waals surface area contributed by atoms with E-state index in [1.54, 1.807) is 29.1 Å². The summed E-state index contributed by atoms with van der Waals surface area (Å²) >= 11 is 0. The van der Waals surface area contributed by atoms with Gasteiger partial charge in [0.15, 0.2) is 0 Å². The smallest absolute Gasteiger partial charge is 0.272 e. The minimum atomic E-state index is -0.769. The number of imidazole rings is 1. The fraction of sp³-hybridized carbons (Fsp3) is 0.588. The van der Waals surface area contributed by atoms with Gasteiger partial charge in [-0.05, 0) is 45.3 Å². The molecule has 2 fully saturated rings. The summed E-state index contributed by atoms with van der Waals surface area (Å²) in [5.41, 5.74) is -1.06. The van der Waals surface area contributed by atoms with E-state index in [1.807, 2.05) is 6.92 Å². The van der Waals surface area contributed by atoms with Crippen LogP contribution in [0, 0.1) is 0 Å². The summed E-state index contributed by atoms with van der Waals surface area (Å²) in [5.74, 6) is 0.165. The zero-order chi connectivity index (χ0) is 17.5. The number of fused-ring (bicyclic) bond motifs is 1. The average Bonchev–Trinajstić information content (AvgIpc) is 3.05. The molecular weight excluding hydrogens is 358 g/mol. The molecule has 8 nitrogen and oxygen atoms in total. The third-order valence-electron chi connectivity index (χ3n) is 5.43. The van der Waals surface area contributed by atoms with Crippen LogP contribution < -0.4 is 10.6 Å². The number of amides is 1. The van der Waals surface area contributed by atoms with Crippen LogP contribution in [0.2, 0.25) is 0 Å². The molecule has 0 aromatic carbocycles. The number of hydrogen-bond acceptors (Lipinski definition) is 6. The lowest BCUT2D eigenvalue weighted by atomic mass is 9.73. The molecule has 0 aliphatic carbocycles. The second-order valence-corrected chi connectivity index (χ2v) is 7.14. The van der Waals surface area contributed by atoms with Gasteiger partial charge in [0, 0.05) is 25.2 Å². The maximum absolute atomic E-state index is 12.7. The fourth-order valence-corrected chi connectivity index (χ4v) is 3.92. The molecule has 0 bridgehead atoms. The van der Waals surface area contributed by atoms with Crippen molar-refractivity contribution in [2.75, 3.05) is 19.7 Å². The van der Waals surface area contributed by atoms with Gasteiger partial charge < -0.3 is 20.5 Å². The lowest BCUT2D eigenvalue weighted by Crippen LogP contribution is -2.69. The molecule has 1 spiro atoms. The van der Waals surface area contributed by atoms with Crippen molar-refractivity contribution in [3.05, 3.63) is 30.4 Å². The Labute approximate surface area is 157 Å². The van der Waals surface area contributed by atoms with E-state index in [4.69, 9.17) is 4.74 Å². The summed E-state index contributed by atoms with van der Waals surface area (Å²) in [7, 11) is 0. The van der Waals surface area contributed by atoms with Crippen LogP contribution in [-0.4, -0.2) is 62.3 Å². The predicted octanol–water partition coefficient (Wildman–Crippen LogP) is 0.543. The van der Waals surface area contributed by atoms with Gasteiger partial charge >= 0.3 is 0 Å². The Hall–Kier alpha value is -1.74. The monoisotopic (exact) mass is 381 g/mol. The van der Waals surface area contributed by atoms with E-state index < -0.39 is 17.2 Å². The quantitative estimate of drug-likeness (QED) is 0.702. The lowest BCUT2D eigenvalue weighted by Gasteiger charge is -2.52. The molecule has 2 aliphatic heterocycles. The van der Waals surface area contributed by atoms with Gasteiger partial charge in [0.2, 0.25) is 5.78 Å². The van der Waals surface area contributed by atoms with Gasteiger partial charge in [0.1, 0.15) is 11.8 Å². The van der Waals surface area contributed by atoms with Crippen molar-refractivity contribution in [3.8, 4) is 0 Å². The van der Waals surface area contributed by atoms with Gasteiger partial charge in [-0.1, -0.05) is 0 Å². The number of ether oxygens (including phenoxy) is 1. The Kier molecular flexibility index (Phi) is 5.21. The summed E-state index contributed by atoms with van der Waals surface area (Å²) in [5, 5.41) is 17.3. The molecule has 2 saturated heterocycles. The molecule has 1 amide bonds. The number of hydrogen-bond donors (Lipinski definition) is 3. The van der Waals surface area contributed by atoms with Crippen LogP contribution in [0.4, 0.5) is 0 Å². The van der Waals surface area contributed by atoms with Crippen molar-refractivity contribution < 1.29 is 14.6 Å². The van der Waals surface area contributed by atoms with Crippen molar-refractivity contribution in [2.24, 2.45) is 0 Å². The van der Waals surface area contributed by atoms with Crippen molar-refractivity contribution in [2.45, 2.75) is 43.4 Å². The summed E-state index contributed by atoms with van der Waals surface area (Å²) in [6, 6.07) is 1.78. The second kappa shape index (κ2) is 7.11. The van der Waals surface area contributed by atoms with Gasteiger partial charge in [-0.3, -0.25) is 9.20 Å². The zero-order valence-corrected chi connectivity index (χ0v) is 15.5. The third-order valence-corrected chi connectivity index (χ3v) is 5.43. The van der Waals surface area contributed by atoms with E-state index in [9.17, 15) is 9.90 Å². The second-order valence-electron chi connectivity index (χ2n) is 7.14. The van der Waals surface area contributed by atoms with Gasteiger partial charge in [-0.15, -0.1) is 12.4 Å². The Morgan fingerprint density at radius 2 is 2.19 bits per heavy atom. The average molecular weight is 382 g/mol. The Morgan fingerprint density at radius 1 is 1.42 bits per heavy atom. The SMILES string of the molecule is C[C@@]1(NC(=O)c2cn3cccnc3n2)CCOC2(CCNCC2)[C@H]1O.Cl. The lowest BCUT2D eigenvalue weighted by molar-refractivity contribution is -0.197. The number of nitrogens with one attached hydrogen (secondary N) is 2. The number of aliphatic hydroxyl groups excluding tert-OH is 1. The predicted molar refractivity (Wildman–Crippen MR) is 97.5 cm³/mol. The van der Waals surface area contributed by atoms with Gasteiger partial charge in [-0.25, -0.2) is 9.97 Å². The summed E-state index contributed by atoms with van der Waals surface area (Å²) in [6.45, 7) is 4.01. The van der Waals surface area contributed by atoms with Crippen molar-refractivity contribution in [1.29, 1.82) is 0 Å². The minimum Gasteiger partial charge on any atom is -0.388 e. The summed E-state index contributed by atoms with van der Waals surface area (Å²) < 4.78 is 7.68. The Morgan fingerprint density at radius 3 is 2.92 bits per heavy atom. The first kappa shape index (κ1) is 19.0. The van der Waals surface area contributed by atoms with Crippen molar-refractivity contribution in [1.82, 2.24) is 25.0 Å². The van der Waals surface area contributed by atoms with Crippen LogP contribution >= 0.6 is 12.4 Å². The largest absolute Gasteiger partial charge is 0.388 e. The molecule has 0 saturated carbocycles. The number of carbonyl (C=O) groups is 1. The maximum atomic E-state index is 12.7. The number of piperidine rings is 1. The molecule has 0 unspecified atom stereocenters. The highest BCUT2D eigenvalue weighted by Gasteiger charge is 2.53. The normalized spacial score (nSPS) is 27.8. The van der Waals surface area contributed by atoms with Gasteiger partial charge in [0.25, 0.3) is 5.91 Å². The molecule has 2 atom stereocenters. The summed E-state index contributed by atoms with van der Waals surface area (Å²) in [6.07, 6.45) is 6.33. The molecule has 3 N–H and O–H groups in total. The van der Waals surface area contributed by atoms with E-state index in [2.05, 4.69) is 20.6 Å². The molecule has 26 heavy (non-hydrogen) atoms. The highest BCUT2D eigenvalue weighted by atomic mass is 35.5. The molecular formula is C17H24ClN5O3. The molecule has 9 heteroatoms. The fourth-order valence-electron chi connectivity index (χ4n) is 3.92. The molecule has 2 aliphatic rings. The van der Waals surface area contributed by atoms with Gasteiger partial charge in [-0.2, -0.15) is 0 Å². The number of rotatable bonds is 2. The number of aliphatic hydroxyl groups is 1. The Bertz CT molecular complexity index is 753. The van der Waals surface area contributed by atoms with Crippen LogP contribution in [0.15, 0.2) is 24.7 Å². The highest BCUT2D eigenvalue weighted by Crippen LogP contribution is 2.38. The van der Waals surface area contributed by atoms with E-state index >= 15 is 0 Å². The molecule has 0 radical (unpaired) electrons. The van der Waals surface area contributed by atoms with E-state index in [0.717, 1.165) is 25.9 Å². The first-order chi connectivity index (χ1) is 12.0. The highest BCUT2D eigenvalue weighted by molar-refractivity contribution is 5.93. The Balaban J connectivity index is 0.00000196. The number of nitrogens with zero attached hydrogens (tertiary/aromatic N) is 3. The topological polar surface area (TPSA) is 101 Å². The standard InChI is InChI=1S/C17H23N5O3.ClH/c1-16(5-10-25-17(14(16)24)3-7-18-8-4-17)21-13(23)12-11-22-9-2-6-19-15(22)20-12;/h2,6,9,11,14,18,24H,3-5,7-8,10H2,1H3,(H,21,23);1H/t14-,16+;/m0./s1. The van der Waals surface area contributed by atoms with Crippen LogP contribution in [0.1, 0.15) is 36.7 Å². The van der Waals surface area contributed by atoms with Crippen molar-refractivity contribution in [3.63, 3.8) is 0 Å². The maximum Gasteiger partial charge on any atom is 0.272 e. The molecule has 142 valence electrons. The van der Waals surface area contributed by atoms with Crippen LogP contribution in [0.25, 0.3) is 5.78 Å². The zero-order valence-electron chi connectivity index (χ0n) is 14.6. The summed E-state index contributed by atoms with van der Waals surface area (Å²) in [4.78, 5) is 21.1. The van der Waals surface area contributed by atoms with Gasteiger partial charge in [0.05, 0.1) is 11.1 Å². The van der Waals surface area contributed by atoms with E-state index in [1.165, 1.54) is 0 Å². The van der Waals surface area contributed by atoms with E-state index in [-0.39, 0.29) is 24.0 Å². The van der Waals surface area contributed by atoms with Crippen molar-refractivity contribution >= 4 is 24.1 Å². The molecule has 4 rings (SSSR count). The number of halogens is 1. The third kappa shape index (κ3) is 3.18. The first-order valence-electron chi connectivity index (χ1n) is 8.67. The molecule has 2 aromatic rings. The molecule has 2 aromatic heterocycles. The first-order valence-corrected chi connectivity index (χ1v) is 8.67. The van der Waals surface area contributed by atoms with Crippen LogP contribution in [0.5, 0.6) is 0 Å².